The van der Waals surface area contributed by atoms with E-state index >= 15 is 0 Å². The Labute approximate surface area is 88.5 Å². The smallest absolute Gasteiger partial charge is 0.211 e. The van der Waals surface area contributed by atoms with Crippen molar-refractivity contribution in [1.82, 2.24) is 5.32 Å². The maximum atomic E-state index is 10.1. The standard InChI is InChI=1S/C11H13NO3/c1-14-10-4-3-5-11(15-2)9(10)6-7-12-8-13/h3-8H,1-2H3,(H,12,13). The number of benzene rings is 1. The molecule has 4 heteroatoms. The van der Waals surface area contributed by atoms with Crippen LogP contribution in [0.5, 0.6) is 11.5 Å². The van der Waals surface area contributed by atoms with Crippen molar-refractivity contribution in [2.24, 2.45) is 0 Å². The Bertz CT molecular complexity index is 339. The predicted molar refractivity (Wildman–Crippen MR) is 57.8 cm³/mol. The molecule has 1 aromatic carbocycles. The van der Waals surface area contributed by atoms with Gasteiger partial charge in [0.25, 0.3) is 0 Å². The highest BCUT2D eigenvalue weighted by Crippen LogP contribution is 2.29. The fourth-order valence-corrected chi connectivity index (χ4v) is 1.21. The average Bonchev–Trinajstić information content (AvgIpc) is 2.29. The SMILES string of the molecule is COc1cccc(OC)c1C=CNC=O. The lowest BCUT2D eigenvalue weighted by molar-refractivity contribution is -0.108. The quantitative estimate of drug-likeness (QED) is 0.743. The zero-order valence-corrected chi connectivity index (χ0v) is 8.69. The molecule has 0 aromatic heterocycles. The first-order chi connectivity index (χ1) is 7.33. The van der Waals surface area contributed by atoms with Crippen molar-refractivity contribution >= 4 is 12.5 Å². The van der Waals surface area contributed by atoms with E-state index < -0.39 is 0 Å². The Hall–Kier alpha value is -1.97. The van der Waals surface area contributed by atoms with Crippen LogP contribution in [0.3, 0.4) is 0 Å². The topological polar surface area (TPSA) is 47.6 Å². The number of hydrogen-bond acceptors (Lipinski definition) is 3. The summed E-state index contributed by atoms with van der Waals surface area (Å²) in [5, 5.41) is 2.43. The summed E-state index contributed by atoms with van der Waals surface area (Å²) in [6.07, 6.45) is 3.83. The number of carbonyl (C=O) groups is 1. The maximum Gasteiger partial charge on any atom is 0.211 e. The van der Waals surface area contributed by atoms with Gasteiger partial charge in [-0.2, -0.15) is 0 Å². The van der Waals surface area contributed by atoms with Crippen LogP contribution < -0.4 is 14.8 Å². The highest BCUT2D eigenvalue weighted by Gasteiger charge is 2.05. The Kier molecular flexibility index (Phi) is 4.22. The highest BCUT2D eigenvalue weighted by atomic mass is 16.5. The molecule has 0 fully saturated rings. The molecule has 80 valence electrons. The molecule has 0 aliphatic carbocycles. The highest BCUT2D eigenvalue weighted by molar-refractivity contribution is 5.65. The fraction of sp³-hybridized carbons (Fsp3) is 0.182. The van der Waals surface area contributed by atoms with Gasteiger partial charge in [0, 0.05) is 6.20 Å². The maximum absolute atomic E-state index is 10.1. The van der Waals surface area contributed by atoms with Crippen molar-refractivity contribution in [3.8, 4) is 11.5 Å². The van der Waals surface area contributed by atoms with Crippen LogP contribution in [0, 0.1) is 0 Å². The van der Waals surface area contributed by atoms with Crippen LogP contribution in [0.4, 0.5) is 0 Å². The molecular formula is C11H13NO3. The molecule has 1 amide bonds. The van der Waals surface area contributed by atoms with Crippen LogP contribution in [0.2, 0.25) is 0 Å². The van der Waals surface area contributed by atoms with Gasteiger partial charge < -0.3 is 14.8 Å². The van der Waals surface area contributed by atoms with E-state index in [9.17, 15) is 4.79 Å². The molecule has 1 rings (SSSR count). The van der Waals surface area contributed by atoms with Crippen LogP contribution in [0.1, 0.15) is 5.56 Å². The lowest BCUT2D eigenvalue weighted by Gasteiger charge is -2.09. The van der Waals surface area contributed by atoms with Crippen molar-refractivity contribution in [1.29, 1.82) is 0 Å². The van der Waals surface area contributed by atoms with Crippen LogP contribution in [-0.2, 0) is 4.79 Å². The first-order valence-electron chi connectivity index (χ1n) is 4.40. The van der Waals surface area contributed by atoms with Crippen LogP contribution in [0.15, 0.2) is 24.4 Å². The van der Waals surface area contributed by atoms with Gasteiger partial charge in [0.2, 0.25) is 6.41 Å². The number of amides is 1. The summed E-state index contributed by atoms with van der Waals surface area (Å²) in [6, 6.07) is 5.48. The van der Waals surface area contributed by atoms with Crippen LogP contribution in [0.25, 0.3) is 6.08 Å². The molecule has 0 heterocycles. The van der Waals surface area contributed by atoms with Gasteiger partial charge in [0.15, 0.2) is 0 Å². The van der Waals surface area contributed by atoms with Gasteiger partial charge in [0.05, 0.1) is 19.8 Å². The predicted octanol–water partition coefficient (Wildman–Crippen LogP) is 1.42. The van der Waals surface area contributed by atoms with E-state index in [0.29, 0.717) is 17.9 Å². The molecular weight excluding hydrogens is 194 g/mol. The summed E-state index contributed by atoms with van der Waals surface area (Å²) in [5.41, 5.74) is 0.789. The van der Waals surface area contributed by atoms with Crippen molar-refractivity contribution in [2.75, 3.05) is 14.2 Å². The zero-order chi connectivity index (χ0) is 11.1. The lowest BCUT2D eigenvalue weighted by atomic mass is 10.1. The van der Waals surface area contributed by atoms with Gasteiger partial charge in [-0.15, -0.1) is 0 Å². The summed E-state index contributed by atoms with van der Waals surface area (Å²) >= 11 is 0. The Morgan fingerprint density at radius 2 is 1.80 bits per heavy atom. The van der Waals surface area contributed by atoms with E-state index in [-0.39, 0.29) is 0 Å². The Balaban J connectivity index is 3.04. The van der Waals surface area contributed by atoms with Crippen molar-refractivity contribution in [3.05, 3.63) is 30.0 Å². The Morgan fingerprint density at radius 1 is 1.20 bits per heavy atom. The van der Waals surface area contributed by atoms with Crippen LogP contribution >= 0.6 is 0 Å². The molecule has 0 aliphatic heterocycles. The number of methoxy groups -OCH3 is 2. The van der Waals surface area contributed by atoms with Gasteiger partial charge in [-0.1, -0.05) is 6.07 Å². The summed E-state index contributed by atoms with van der Waals surface area (Å²) < 4.78 is 10.3. The number of nitrogens with one attached hydrogen (secondary N) is 1. The second-order valence-electron chi connectivity index (χ2n) is 2.69. The van der Waals surface area contributed by atoms with Gasteiger partial charge in [-0.3, -0.25) is 4.79 Å². The fourth-order valence-electron chi connectivity index (χ4n) is 1.21. The summed E-state index contributed by atoms with van der Waals surface area (Å²) in [7, 11) is 3.17. The molecule has 0 saturated carbocycles. The summed E-state index contributed by atoms with van der Waals surface area (Å²) in [4.78, 5) is 10.1. The van der Waals surface area contributed by atoms with Crippen molar-refractivity contribution in [3.63, 3.8) is 0 Å². The first-order valence-corrected chi connectivity index (χ1v) is 4.40. The second kappa shape index (κ2) is 5.70. The van der Waals surface area contributed by atoms with Crippen LogP contribution in [-0.4, -0.2) is 20.6 Å². The molecule has 0 bridgehead atoms. The monoisotopic (exact) mass is 207 g/mol. The molecule has 1 aromatic rings. The van der Waals surface area contributed by atoms with E-state index in [1.165, 1.54) is 6.20 Å². The summed E-state index contributed by atoms with van der Waals surface area (Å²) in [5.74, 6) is 1.39. The second-order valence-corrected chi connectivity index (χ2v) is 2.69. The molecule has 0 saturated heterocycles. The number of ether oxygens (including phenoxy) is 2. The molecule has 15 heavy (non-hydrogen) atoms. The van der Waals surface area contributed by atoms with Gasteiger partial charge >= 0.3 is 0 Å². The van der Waals surface area contributed by atoms with Crippen molar-refractivity contribution < 1.29 is 14.3 Å². The minimum Gasteiger partial charge on any atom is -0.496 e. The van der Waals surface area contributed by atoms with Gasteiger partial charge in [-0.25, -0.2) is 0 Å². The molecule has 0 spiro atoms. The van der Waals surface area contributed by atoms with Gasteiger partial charge in [0.1, 0.15) is 11.5 Å². The van der Waals surface area contributed by atoms with E-state index in [1.807, 2.05) is 18.2 Å². The summed E-state index contributed by atoms with van der Waals surface area (Å²) in [6.45, 7) is 0. The van der Waals surface area contributed by atoms with E-state index in [0.717, 1.165) is 5.56 Å². The minimum atomic E-state index is 0.596. The molecule has 0 radical (unpaired) electrons. The van der Waals surface area contributed by atoms with Gasteiger partial charge in [-0.05, 0) is 18.2 Å². The third-order valence-electron chi connectivity index (χ3n) is 1.88. The average molecular weight is 207 g/mol. The third-order valence-corrected chi connectivity index (χ3v) is 1.88. The molecule has 0 unspecified atom stereocenters. The zero-order valence-electron chi connectivity index (χ0n) is 8.69. The lowest BCUT2D eigenvalue weighted by Crippen LogP contribution is -1.99. The van der Waals surface area contributed by atoms with E-state index in [4.69, 9.17) is 9.47 Å². The largest absolute Gasteiger partial charge is 0.496 e. The van der Waals surface area contributed by atoms with Crippen molar-refractivity contribution in [2.45, 2.75) is 0 Å². The number of hydrogen-bond donors (Lipinski definition) is 1. The normalized spacial score (nSPS) is 10.0. The Morgan fingerprint density at radius 3 is 2.27 bits per heavy atom. The molecule has 1 N–H and O–H groups in total. The first kappa shape index (κ1) is 11.1. The number of rotatable bonds is 5. The molecule has 4 nitrogen and oxygen atoms in total. The molecule has 0 atom stereocenters. The van der Waals surface area contributed by atoms with E-state index in [2.05, 4.69) is 5.32 Å². The van der Waals surface area contributed by atoms with E-state index in [1.54, 1.807) is 20.3 Å². The molecule has 0 aliphatic rings. The minimum absolute atomic E-state index is 0.596. The number of carbonyl (C=O) groups excluding carboxylic acids is 1. The third kappa shape index (κ3) is 2.74.